The quantitative estimate of drug-likeness (QED) is 0.0717. The van der Waals surface area contributed by atoms with Crippen molar-refractivity contribution >= 4 is 24.1 Å². The lowest BCUT2D eigenvalue weighted by atomic mass is 9.82. The molecule has 0 spiro atoms. The Bertz CT molecular complexity index is 1490. The number of hydrogen-bond acceptors (Lipinski definition) is 4. The largest absolute Gasteiger partial charge is 0.426 e. The first-order valence-electron chi connectivity index (χ1n) is 16.0. The third-order valence-electron chi connectivity index (χ3n) is 8.44. The van der Waals surface area contributed by atoms with Gasteiger partial charge in [0.1, 0.15) is 11.5 Å². The van der Waals surface area contributed by atoms with Crippen LogP contribution in [0.2, 0.25) is 0 Å². The van der Waals surface area contributed by atoms with Gasteiger partial charge in [0.2, 0.25) is 0 Å². The number of benzene rings is 4. The molecule has 0 N–H and O–H groups in total. The highest BCUT2D eigenvalue weighted by molar-refractivity contribution is 5.78. The highest BCUT2D eigenvalue weighted by Crippen LogP contribution is 2.32. The van der Waals surface area contributed by atoms with Gasteiger partial charge < -0.3 is 9.47 Å². The predicted molar refractivity (Wildman–Crippen MR) is 178 cm³/mol. The van der Waals surface area contributed by atoms with Crippen molar-refractivity contribution in [3.8, 4) is 22.6 Å². The number of ether oxygens (including phenoxy) is 2. The third-order valence-corrected chi connectivity index (χ3v) is 8.44. The normalized spacial score (nSPS) is 16.5. The molecule has 4 heteroatoms. The summed E-state index contributed by atoms with van der Waals surface area (Å²) in [5, 5.41) is 0. The molecule has 0 aromatic heterocycles. The Morgan fingerprint density at radius 2 is 1.07 bits per heavy atom. The lowest BCUT2D eigenvalue weighted by molar-refractivity contribution is -0.145. The molecular formula is C40H42O4. The van der Waals surface area contributed by atoms with Crippen LogP contribution in [0.4, 0.5) is 0 Å². The molecule has 0 atom stereocenters. The van der Waals surface area contributed by atoms with E-state index in [0.717, 1.165) is 28.7 Å². The van der Waals surface area contributed by atoms with Gasteiger partial charge in [0.05, 0.1) is 11.8 Å². The first-order valence-corrected chi connectivity index (χ1v) is 16.0. The van der Waals surface area contributed by atoms with E-state index in [0.29, 0.717) is 37.2 Å². The van der Waals surface area contributed by atoms with Gasteiger partial charge in [-0.1, -0.05) is 117 Å². The van der Waals surface area contributed by atoms with Crippen LogP contribution in [-0.4, -0.2) is 11.9 Å². The number of unbranched alkanes of at least 4 members (excludes halogenated alkanes) is 3. The molecule has 0 saturated heterocycles. The molecule has 1 saturated carbocycles. The Balaban J connectivity index is 1.05. The zero-order valence-electron chi connectivity index (χ0n) is 25.6. The monoisotopic (exact) mass is 586 g/mol. The number of aryl methyl sites for hydroxylation is 1. The molecule has 0 unspecified atom stereocenters. The van der Waals surface area contributed by atoms with Crippen LogP contribution in [0, 0.1) is 11.8 Å². The molecule has 4 nitrogen and oxygen atoms in total. The molecule has 226 valence electrons. The summed E-state index contributed by atoms with van der Waals surface area (Å²) < 4.78 is 11.4. The van der Waals surface area contributed by atoms with Gasteiger partial charge in [-0.3, -0.25) is 9.59 Å². The zero-order valence-corrected chi connectivity index (χ0v) is 25.6. The predicted octanol–water partition coefficient (Wildman–Crippen LogP) is 9.96. The van der Waals surface area contributed by atoms with Gasteiger partial charge >= 0.3 is 11.9 Å². The number of carbonyl (C=O) groups excluding carboxylic acids is 2. The first kappa shape index (κ1) is 31.0. The van der Waals surface area contributed by atoms with Crippen LogP contribution in [0.1, 0.15) is 75.0 Å². The highest BCUT2D eigenvalue weighted by atomic mass is 16.5. The summed E-state index contributed by atoms with van der Waals surface area (Å²) in [5.74, 6) is 0.212. The minimum absolute atomic E-state index is 0.209. The molecule has 4 aromatic rings. The molecule has 0 heterocycles. The van der Waals surface area contributed by atoms with Crippen LogP contribution in [0.3, 0.4) is 0 Å². The number of hydrogen-bond donors (Lipinski definition) is 0. The standard InChI is InChI=1S/C40H42O4/c1-2-3-4-6-11-31-14-18-33(19-15-31)34-24-28-38(29-25-34)44-40(42)36-22-20-35(21-23-36)39(41)43-37-26-16-32(17-27-37)13-12-30-9-7-5-8-10-30/h5,7-10,12-19,24-29,35-36H,2-4,6,11,20-23H2,1H3/b13-12+/t35-,36-. The second kappa shape index (κ2) is 15.9. The highest BCUT2D eigenvalue weighted by Gasteiger charge is 2.32. The van der Waals surface area contributed by atoms with Crippen molar-refractivity contribution < 1.29 is 19.1 Å². The summed E-state index contributed by atoms with van der Waals surface area (Å²) in [5.41, 5.74) is 5.79. The van der Waals surface area contributed by atoms with Crippen LogP contribution < -0.4 is 9.47 Å². The Labute approximate surface area is 261 Å². The molecule has 0 bridgehead atoms. The molecule has 0 aliphatic heterocycles. The maximum absolute atomic E-state index is 12.9. The maximum Gasteiger partial charge on any atom is 0.314 e. The molecule has 1 aliphatic carbocycles. The van der Waals surface area contributed by atoms with E-state index in [1.165, 1.54) is 31.2 Å². The van der Waals surface area contributed by atoms with Crippen molar-refractivity contribution in [3.05, 3.63) is 120 Å². The smallest absolute Gasteiger partial charge is 0.314 e. The fourth-order valence-electron chi connectivity index (χ4n) is 5.70. The van der Waals surface area contributed by atoms with Crippen LogP contribution in [-0.2, 0) is 16.0 Å². The van der Waals surface area contributed by atoms with Crippen molar-refractivity contribution in [1.82, 2.24) is 0 Å². The maximum atomic E-state index is 12.9. The molecule has 0 radical (unpaired) electrons. The summed E-state index contributed by atoms with van der Waals surface area (Å²) in [7, 11) is 0. The molecule has 44 heavy (non-hydrogen) atoms. The van der Waals surface area contributed by atoms with Crippen LogP contribution in [0.15, 0.2) is 103 Å². The van der Waals surface area contributed by atoms with E-state index in [2.05, 4.69) is 49.4 Å². The van der Waals surface area contributed by atoms with Gasteiger partial charge in [0.15, 0.2) is 0 Å². The van der Waals surface area contributed by atoms with Crippen LogP contribution in [0.25, 0.3) is 23.3 Å². The van der Waals surface area contributed by atoms with Crippen LogP contribution in [0.5, 0.6) is 11.5 Å². The average Bonchev–Trinajstić information content (AvgIpc) is 3.07. The molecule has 4 aromatic carbocycles. The van der Waals surface area contributed by atoms with Crippen molar-refractivity contribution in [2.45, 2.75) is 64.7 Å². The van der Waals surface area contributed by atoms with E-state index >= 15 is 0 Å². The van der Waals surface area contributed by atoms with Gasteiger partial charge in [-0.15, -0.1) is 0 Å². The van der Waals surface area contributed by atoms with Gasteiger partial charge in [0, 0.05) is 0 Å². The van der Waals surface area contributed by atoms with E-state index in [1.807, 2.05) is 72.8 Å². The lowest BCUT2D eigenvalue weighted by Gasteiger charge is -2.25. The molecule has 5 rings (SSSR count). The summed E-state index contributed by atoms with van der Waals surface area (Å²) >= 11 is 0. The Kier molecular flexibility index (Phi) is 11.2. The Morgan fingerprint density at radius 3 is 1.59 bits per heavy atom. The van der Waals surface area contributed by atoms with E-state index in [4.69, 9.17) is 9.47 Å². The average molecular weight is 587 g/mol. The fraction of sp³-hybridized carbons (Fsp3) is 0.300. The van der Waals surface area contributed by atoms with Crippen molar-refractivity contribution in [1.29, 1.82) is 0 Å². The van der Waals surface area contributed by atoms with E-state index in [1.54, 1.807) is 0 Å². The number of rotatable bonds is 12. The topological polar surface area (TPSA) is 52.6 Å². The first-order chi connectivity index (χ1) is 21.6. The molecular weight excluding hydrogens is 544 g/mol. The summed E-state index contributed by atoms with van der Waals surface area (Å²) in [6.45, 7) is 2.24. The van der Waals surface area contributed by atoms with Gasteiger partial charge in [0.25, 0.3) is 0 Å². The Morgan fingerprint density at radius 1 is 0.591 bits per heavy atom. The van der Waals surface area contributed by atoms with Crippen LogP contribution >= 0.6 is 0 Å². The van der Waals surface area contributed by atoms with Crippen molar-refractivity contribution in [2.75, 3.05) is 0 Å². The minimum Gasteiger partial charge on any atom is -0.426 e. The van der Waals surface area contributed by atoms with Crippen molar-refractivity contribution in [2.24, 2.45) is 11.8 Å². The van der Waals surface area contributed by atoms with Gasteiger partial charge in [-0.05, 0) is 90.6 Å². The van der Waals surface area contributed by atoms with E-state index in [-0.39, 0.29) is 23.8 Å². The van der Waals surface area contributed by atoms with E-state index in [9.17, 15) is 9.59 Å². The fourth-order valence-corrected chi connectivity index (χ4v) is 5.70. The van der Waals surface area contributed by atoms with Gasteiger partial charge in [-0.2, -0.15) is 0 Å². The number of esters is 2. The lowest BCUT2D eigenvalue weighted by Crippen LogP contribution is -2.30. The SMILES string of the molecule is CCCCCCc1ccc(-c2ccc(OC(=O)[C@H]3CC[C@H](C(=O)Oc4ccc(/C=C/c5ccccc5)cc4)CC3)cc2)cc1. The summed E-state index contributed by atoms with van der Waals surface area (Å²) in [6, 6.07) is 34.1. The molecule has 1 aliphatic rings. The third kappa shape index (κ3) is 9.03. The molecule has 1 fully saturated rings. The second-order valence-electron chi connectivity index (χ2n) is 11.7. The Hall–Kier alpha value is -4.44. The minimum atomic E-state index is -0.232. The zero-order chi connectivity index (χ0) is 30.6. The second-order valence-corrected chi connectivity index (χ2v) is 11.7. The van der Waals surface area contributed by atoms with Crippen molar-refractivity contribution in [3.63, 3.8) is 0 Å². The van der Waals surface area contributed by atoms with E-state index < -0.39 is 0 Å². The van der Waals surface area contributed by atoms with Gasteiger partial charge in [-0.25, -0.2) is 0 Å². The number of carbonyl (C=O) groups is 2. The summed E-state index contributed by atoms with van der Waals surface area (Å²) in [4.78, 5) is 25.7. The summed E-state index contributed by atoms with van der Waals surface area (Å²) in [6.07, 6.45) is 12.8. The molecule has 0 amide bonds.